The number of carbonyl (C=O) groups is 1. The third-order valence-corrected chi connectivity index (χ3v) is 3.75. The first kappa shape index (κ1) is 12.7. The number of benzene rings is 2. The molecule has 1 aliphatic rings. The first-order valence-corrected chi connectivity index (χ1v) is 6.46. The normalized spacial score (nSPS) is 19.1. The molecule has 2 aromatic rings. The van der Waals surface area contributed by atoms with Gasteiger partial charge in [-0.15, -0.1) is 0 Å². The molecule has 1 heterocycles. The SMILES string of the molecule is CC1(C)C(=O)NN/C1=C\c1cccc2c(F)cccc12. The van der Waals surface area contributed by atoms with E-state index in [1.165, 1.54) is 6.07 Å². The molecule has 4 heteroatoms. The fourth-order valence-corrected chi connectivity index (χ4v) is 2.35. The molecular weight excluding hydrogens is 255 g/mol. The van der Waals surface area contributed by atoms with E-state index in [0.29, 0.717) is 5.39 Å². The Labute approximate surface area is 116 Å². The van der Waals surface area contributed by atoms with Gasteiger partial charge >= 0.3 is 0 Å². The molecule has 0 bridgehead atoms. The molecule has 0 spiro atoms. The predicted octanol–water partition coefficient (Wildman–Crippen LogP) is 2.98. The lowest BCUT2D eigenvalue weighted by Crippen LogP contribution is -2.28. The Morgan fingerprint density at radius 2 is 1.75 bits per heavy atom. The zero-order chi connectivity index (χ0) is 14.3. The van der Waals surface area contributed by atoms with Crippen LogP contribution >= 0.6 is 0 Å². The maximum Gasteiger partial charge on any atom is 0.249 e. The van der Waals surface area contributed by atoms with Crippen LogP contribution in [0, 0.1) is 11.2 Å². The predicted molar refractivity (Wildman–Crippen MR) is 76.9 cm³/mol. The highest BCUT2D eigenvalue weighted by Gasteiger charge is 2.37. The summed E-state index contributed by atoms with van der Waals surface area (Å²) in [5, 5.41) is 1.41. The molecule has 0 aliphatic carbocycles. The van der Waals surface area contributed by atoms with Gasteiger partial charge < -0.3 is 5.43 Å². The monoisotopic (exact) mass is 270 g/mol. The molecule has 3 rings (SSSR count). The van der Waals surface area contributed by atoms with Crippen LogP contribution in [-0.4, -0.2) is 5.91 Å². The zero-order valence-corrected chi connectivity index (χ0v) is 11.3. The van der Waals surface area contributed by atoms with E-state index in [4.69, 9.17) is 0 Å². The number of hydrazine groups is 1. The molecule has 1 aliphatic heterocycles. The van der Waals surface area contributed by atoms with Crippen LogP contribution in [0.25, 0.3) is 16.8 Å². The van der Waals surface area contributed by atoms with Gasteiger partial charge in [0.15, 0.2) is 0 Å². The second kappa shape index (κ2) is 4.34. The Bertz CT molecular complexity index is 734. The summed E-state index contributed by atoms with van der Waals surface area (Å²) in [6.07, 6.45) is 1.89. The van der Waals surface area contributed by atoms with Gasteiger partial charge in [-0.1, -0.05) is 30.3 Å². The van der Waals surface area contributed by atoms with Crippen LogP contribution in [0.2, 0.25) is 0 Å². The lowest BCUT2D eigenvalue weighted by atomic mass is 9.88. The highest BCUT2D eigenvalue weighted by molar-refractivity contribution is 5.94. The van der Waals surface area contributed by atoms with Crippen molar-refractivity contribution in [1.82, 2.24) is 10.9 Å². The van der Waals surface area contributed by atoms with Gasteiger partial charge in [0, 0.05) is 11.1 Å². The van der Waals surface area contributed by atoms with Gasteiger partial charge in [-0.25, -0.2) is 4.39 Å². The average Bonchev–Trinajstić information content (AvgIpc) is 2.67. The number of fused-ring (bicyclic) bond motifs is 1. The van der Waals surface area contributed by atoms with Crippen molar-refractivity contribution in [3.8, 4) is 0 Å². The van der Waals surface area contributed by atoms with Gasteiger partial charge in [0.25, 0.3) is 0 Å². The maximum atomic E-state index is 13.8. The quantitative estimate of drug-likeness (QED) is 0.836. The molecule has 1 fully saturated rings. The standard InChI is InChI=1S/C16H15FN2O/c1-16(2)14(18-19-15(16)20)9-10-5-3-7-12-11(10)6-4-8-13(12)17/h3-9,18H,1-2H3,(H,19,20)/b14-9-. The molecule has 2 aromatic carbocycles. The number of hydrogen-bond acceptors (Lipinski definition) is 2. The summed E-state index contributed by atoms with van der Waals surface area (Å²) in [5.74, 6) is -0.314. The number of rotatable bonds is 1. The first-order valence-electron chi connectivity index (χ1n) is 6.46. The maximum absolute atomic E-state index is 13.8. The van der Waals surface area contributed by atoms with E-state index in [0.717, 1.165) is 16.6 Å². The smallest absolute Gasteiger partial charge is 0.249 e. The second-order valence-corrected chi connectivity index (χ2v) is 5.44. The number of hydrogen-bond donors (Lipinski definition) is 2. The molecule has 2 N–H and O–H groups in total. The summed E-state index contributed by atoms with van der Waals surface area (Å²) in [5.41, 5.74) is 6.55. The van der Waals surface area contributed by atoms with Crippen LogP contribution in [0.4, 0.5) is 4.39 Å². The number of carbonyl (C=O) groups excluding carboxylic acids is 1. The van der Waals surface area contributed by atoms with Crippen LogP contribution in [0.1, 0.15) is 19.4 Å². The lowest BCUT2D eigenvalue weighted by Gasteiger charge is -2.14. The van der Waals surface area contributed by atoms with Crippen molar-refractivity contribution in [2.45, 2.75) is 13.8 Å². The average molecular weight is 270 g/mol. The molecule has 1 amide bonds. The lowest BCUT2D eigenvalue weighted by molar-refractivity contribution is -0.125. The Morgan fingerprint density at radius 3 is 2.45 bits per heavy atom. The van der Waals surface area contributed by atoms with Gasteiger partial charge in [0.05, 0.1) is 5.41 Å². The molecule has 0 atom stereocenters. The first-order chi connectivity index (χ1) is 9.50. The summed E-state index contributed by atoms with van der Waals surface area (Å²) in [4.78, 5) is 11.7. The van der Waals surface area contributed by atoms with E-state index in [2.05, 4.69) is 10.9 Å². The summed E-state index contributed by atoms with van der Waals surface area (Å²) < 4.78 is 13.8. The summed E-state index contributed by atoms with van der Waals surface area (Å²) in [6, 6.07) is 10.5. The van der Waals surface area contributed by atoms with Crippen molar-refractivity contribution < 1.29 is 9.18 Å². The molecule has 1 saturated heterocycles. The third kappa shape index (κ3) is 1.84. The Morgan fingerprint density at radius 1 is 1.05 bits per heavy atom. The van der Waals surface area contributed by atoms with Crippen molar-refractivity contribution in [3.63, 3.8) is 0 Å². The molecular formula is C16H15FN2O. The van der Waals surface area contributed by atoms with Crippen molar-refractivity contribution in [2.24, 2.45) is 5.41 Å². The molecule has 0 unspecified atom stereocenters. The fraction of sp³-hybridized carbons (Fsp3) is 0.188. The molecule has 0 saturated carbocycles. The van der Waals surface area contributed by atoms with Crippen molar-refractivity contribution >= 4 is 22.8 Å². The second-order valence-electron chi connectivity index (χ2n) is 5.44. The highest BCUT2D eigenvalue weighted by atomic mass is 19.1. The van der Waals surface area contributed by atoms with E-state index in [-0.39, 0.29) is 11.7 Å². The highest BCUT2D eigenvalue weighted by Crippen LogP contribution is 2.31. The van der Waals surface area contributed by atoms with Gasteiger partial charge in [-0.2, -0.15) is 0 Å². The Kier molecular flexibility index (Phi) is 2.74. The third-order valence-electron chi connectivity index (χ3n) is 3.75. The Hall–Kier alpha value is -2.36. The molecule has 0 aromatic heterocycles. The van der Waals surface area contributed by atoms with Crippen LogP contribution in [-0.2, 0) is 4.79 Å². The number of halogens is 1. The van der Waals surface area contributed by atoms with Gasteiger partial charge in [0.1, 0.15) is 5.82 Å². The topological polar surface area (TPSA) is 41.1 Å². The van der Waals surface area contributed by atoms with Gasteiger partial charge in [-0.05, 0) is 36.9 Å². The number of nitrogens with one attached hydrogen (secondary N) is 2. The molecule has 3 nitrogen and oxygen atoms in total. The van der Waals surface area contributed by atoms with Gasteiger partial charge in [-0.3, -0.25) is 10.2 Å². The van der Waals surface area contributed by atoms with Crippen LogP contribution < -0.4 is 10.9 Å². The molecule has 20 heavy (non-hydrogen) atoms. The zero-order valence-electron chi connectivity index (χ0n) is 11.3. The van der Waals surface area contributed by atoms with E-state index >= 15 is 0 Å². The Balaban J connectivity index is 2.17. The van der Waals surface area contributed by atoms with E-state index < -0.39 is 5.41 Å². The van der Waals surface area contributed by atoms with Crippen LogP contribution in [0.15, 0.2) is 42.1 Å². The van der Waals surface area contributed by atoms with E-state index in [1.54, 1.807) is 12.1 Å². The minimum Gasteiger partial charge on any atom is -0.302 e. The summed E-state index contributed by atoms with van der Waals surface area (Å²) >= 11 is 0. The molecule has 102 valence electrons. The van der Waals surface area contributed by atoms with E-state index in [1.807, 2.05) is 38.1 Å². The summed E-state index contributed by atoms with van der Waals surface area (Å²) in [7, 11) is 0. The van der Waals surface area contributed by atoms with Crippen LogP contribution in [0.3, 0.4) is 0 Å². The fourth-order valence-electron chi connectivity index (χ4n) is 2.35. The van der Waals surface area contributed by atoms with Crippen molar-refractivity contribution in [3.05, 3.63) is 53.5 Å². The van der Waals surface area contributed by atoms with Crippen LogP contribution in [0.5, 0.6) is 0 Å². The minimum absolute atomic E-state index is 0.0739. The van der Waals surface area contributed by atoms with Gasteiger partial charge in [0.2, 0.25) is 5.91 Å². The molecule has 0 radical (unpaired) electrons. The van der Waals surface area contributed by atoms with Crippen molar-refractivity contribution in [1.29, 1.82) is 0 Å². The number of amides is 1. The largest absolute Gasteiger partial charge is 0.302 e. The van der Waals surface area contributed by atoms with Crippen molar-refractivity contribution in [2.75, 3.05) is 0 Å². The minimum atomic E-state index is -0.616. The van der Waals surface area contributed by atoms with E-state index in [9.17, 15) is 9.18 Å². The summed E-state index contributed by atoms with van der Waals surface area (Å²) in [6.45, 7) is 3.69.